The van der Waals surface area contributed by atoms with Gasteiger partial charge in [0.05, 0.1) is 29.4 Å². The first-order chi connectivity index (χ1) is 14.3. The Kier molecular flexibility index (Phi) is 7.90. The lowest BCUT2D eigenvalue weighted by atomic mass is 9.96. The minimum absolute atomic E-state index is 0.0209. The van der Waals surface area contributed by atoms with Crippen molar-refractivity contribution in [3.05, 3.63) is 52.8 Å². The van der Waals surface area contributed by atoms with Crippen molar-refractivity contribution in [2.24, 2.45) is 0 Å². The lowest BCUT2D eigenvalue weighted by molar-refractivity contribution is 0.0696. The van der Waals surface area contributed by atoms with Gasteiger partial charge in [-0.05, 0) is 44.2 Å². The molecule has 0 fully saturated rings. The van der Waals surface area contributed by atoms with E-state index >= 15 is 0 Å². The second-order valence-electron chi connectivity index (χ2n) is 6.83. The molecule has 0 aromatic heterocycles. The quantitative estimate of drug-likeness (QED) is 0.607. The maximum atomic E-state index is 14.6. The summed E-state index contributed by atoms with van der Waals surface area (Å²) in [5, 5.41) is 21.5. The molecule has 0 aliphatic heterocycles. The standard InChI is InChI=1S/C22H23FN2O5/c1-13(2)25-21(26)16-11-20(30-8-4-7-29-3)18(10-15(16)12-24)17-9-14(22(27)28)5-6-19(17)23/h5-6,9-11,13H,4,7-8H2,1-3H3,(H,25,26)(H,27,28). The van der Waals surface area contributed by atoms with E-state index in [0.717, 1.165) is 12.1 Å². The molecule has 0 aliphatic carbocycles. The maximum absolute atomic E-state index is 14.6. The maximum Gasteiger partial charge on any atom is 0.335 e. The number of rotatable bonds is 9. The van der Waals surface area contributed by atoms with E-state index in [2.05, 4.69) is 5.32 Å². The number of ether oxygens (including phenoxy) is 2. The Labute approximate surface area is 174 Å². The fraction of sp³-hybridized carbons (Fsp3) is 0.318. The minimum Gasteiger partial charge on any atom is -0.493 e. The van der Waals surface area contributed by atoms with Crippen molar-refractivity contribution in [3.8, 4) is 22.9 Å². The number of carbonyl (C=O) groups is 2. The smallest absolute Gasteiger partial charge is 0.335 e. The van der Waals surface area contributed by atoms with Crippen LogP contribution in [0.2, 0.25) is 0 Å². The lowest BCUT2D eigenvalue weighted by Gasteiger charge is -2.16. The van der Waals surface area contributed by atoms with E-state index in [1.165, 1.54) is 18.2 Å². The molecule has 1 amide bonds. The number of benzene rings is 2. The van der Waals surface area contributed by atoms with E-state index in [4.69, 9.17) is 9.47 Å². The zero-order valence-electron chi connectivity index (χ0n) is 17.0. The van der Waals surface area contributed by atoms with Gasteiger partial charge in [0.2, 0.25) is 0 Å². The largest absolute Gasteiger partial charge is 0.493 e. The number of carboxylic acids is 1. The summed E-state index contributed by atoms with van der Waals surface area (Å²) in [4.78, 5) is 23.9. The first kappa shape index (κ1) is 22.8. The van der Waals surface area contributed by atoms with E-state index < -0.39 is 17.7 Å². The third kappa shape index (κ3) is 5.55. The van der Waals surface area contributed by atoms with Gasteiger partial charge < -0.3 is 19.9 Å². The second kappa shape index (κ2) is 10.4. The number of hydrogen-bond acceptors (Lipinski definition) is 5. The van der Waals surface area contributed by atoms with Gasteiger partial charge in [0.25, 0.3) is 5.91 Å². The molecule has 7 nitrogen and oxygen atoms in total. The highest BCUT2D eigenvalue weighted by Gasteiger charge is 2.21. The van der Waals surface area contributed by atoms with Gasteiger partial charge in [-0.2, -0.15) is 5.26 Å². The first-order valence-corrected chi connectivity index (χ1v) is 9.32. The molecule has 0 saturated carbocycles. The van der Waals surface area contributed by atoms with Crippen LogP contribution in [0.5, 0.6) is 5.75 Å². The SMILES string of the molecule is COCCCOc1cc(C(=O)NC(C)C)c(C#N)cc1-c1cc(C(=O)O)ccc1F. The van der Waals surface area contributed by atoms with Crippen molar-refractivity contribution in [2.75, 3.05) is 20.3 Å². The zero-order valence-corrected chi connectivity index (χ0v) is 17.0. The summed E-state index contributed by atoms with van der Waals surface area (Å²) < 4.78 is 25.3. The first-order valence-electron chi connectivity index (χ1n) is 9.32. The molecule has 2 aromatic rings. The van der Waals surface area contributed by atoms with Crippen LogP contribution in [-0.4, -0.2) is 43.3 Å². The Balaban J connectivity index is 2.63. The summed E-state index contributed by atoms with van der Waals surface area (Å²) in [6.07, 6.45) is 0.543. The van der Waals surface area contributed by atoms with E-state index in [-0.39, 0.29) is 46.2 Å². The molecule has 0 saturated heterocycles. The molecule has 0 unspecified atom stereocenters. The molecular weight excluding hydrogens is 391 g/mol. The predicted molar refractivity (Wildman–Crippen MR) is 108 cm³/mol. The van der Waals surface area contributed by atoms with E-state index in [1.807, 2.05) is 6.07 Å². The average molecular weight is 414 g/mol. The van der Waals surface area contributed by atoms with Crippen LogP contribution in [0.25, 0.3) is 11.1 Å². The van der Waals surface area contributed by atoms with E-state index in [1.54, 1.807) is 21.0 Å². The molecule has 2 aromatic carbocycles. The molecule has 2 rings (SSSR count). The van der Waals surface area contributed by atoms with Crippen molar-refractivity contribution in [1.82, 2.24) is 5.32 Å². The summed E-state index contributed by atoms with van der Waals surface area (Å²) in [5.41, 5.74) is 0.144. The molecule has 0 bridgehead atoms. The van der Waals surface area contributed by atoms with Gasteiger partial charge in [-0.3, -0.25) is 4.79 Å². The van der Waals surface area contributed by atoms with Gasteiger partial charge in [0, 0.05) is 37.3 Å². The number of nitrogens with one attached hydrogen (secondary N) is 1. The summed E-state index contributed by atoms with van der Waals surface area (Å²) in [5.74, 6) is -2.19. The van der Waals surface area contributed by atoms with Crippen LogP contribution >= 0.6 is 0 Å². The van der Waals surface area contributed by atoms with Crippen molar-refractivity contribution in [3.63, 3.8) is 0 Å². The Morgan fingerprint density at radius 2 is 1.93 bits per heavy atom. The molecule has 2 N–H and O–H groups in total. The topological polar surface area (TPSA) is 109 Å². The summed E-state index contributed by atoms with van der Waals surface area (Å²) >= 11 is 0. The number of aromatic carboxylic acids is 1. The summed E-state index contributed by atoms with van der Waals surface area (Å²) in [6.45, 7) is 4.23. The number of nitrogens with zero attached hydrogens (tertiary/aromatic N) is 1. The van der Waals surface area contributed by atoms with Crippen LogP contribution < -0.4 is 10.1 Å². The van der Waals surface area contributed by atoms with Crippen molar-refractivity contribution < 1.29 is 28.6 Å². The molecule has 30 heavy (non-hydrogen) atoms. The second-order valence-corrected chi connectivity index (χ2v) is 6.83. The number of amides is 1. The Morgan fingerprint density at radius 3 is 2.53 bits per heavy atom. The van der Waals surface area contributed by atoms with Crippen LogP contribution in [0.1, 0.15) is 46.5 Å². The average Bonchev–Trinajstić information content (AvgIpc) is 2.70. The highest BCUT2D eigenvalue weighted by Crippen LogP contribution is 2.35. The van der Waals surface area contributed by atoms with E-state index in [9.17, 15) is 24.3 Å². The fourth-order valence-corrected chi connectivity index (χ4v) is 2.78. The molecule has 0 aliphatic rings. The van der Waals surface area contributed by atoms with Crippen LogP contribution in [0.4, 0.5) is 4.39 Å². The van der Waals surface area contributed by atoms with Crippen molar-refractivity contribution in [1.29, 1.82) is 5.26 Å². The van der Waals surface area contributed by atoms with Crippen molar-refractivity contribution in [2.45, 2.75) is 26.3 Å². The Morgan fingerprint density at radius 1 is 1.20 bits per heavy atom. The molecule has 0 heterocycles. The normalized spacial score (nSPS) is 10.5. The summed E-state index contributed by atoms with van der Waals surface area (Å²) in [7, 11) is 1.55. The monoisotopic (exact) mass is 414 g/mol. The van der Waals surface area contributed by atoms with Gasteiger partial charge in [-0.15, -0.1) is 0 Å². The van der Waals surface area contributed by atoms with Crippen LogP contribution in [0, 0.1) is 17.1 Å². The molecular formula is C22H23FN2O5. The highest BCUT2D eigenvalue weighted by molar-refractivity contribution is 5.98. The lowest BCUT2D eigenvalue weighted by Crippen LogP contribution is -2.30. The Hall–Kier alpha value is -3.44. The molecule has 158 valence electrons. The van der Waals surface area contributed by atoms with Gasteiger partial charge >= 0.3 is 5.97 Å². The molecule has 0 radical (unpaired) electrons. The Bertz CT molecular complexity index is 982. The van der Waals surface area contributed by atoms with Gasteiger partial charge in [-0.1, -0.05) is 0 Å². The number of hydrogen-bond donors (Lipinski definition) is 2. The molecule has 8 heteroatoms. The third-order valence-electron chi connectivity index (χ3n) is 4.16. The van der Waals surface area contributed by atoms with Crippen LogP contribution in [-0.2, 0) is 4.74 Å². The van der Waals surface area contributed by atoms with Crippen LogP contribution in [0.3, 0.4) is 0 Å². The van der Waals surface area contributed by atoms with Crippen molar-refractivity contribution >= 4 is 11.9 Å². The van der Waals surface area contributed by atoms with E-state index in [0.29, 0.717) is 13.0 Å². The highest BCUT2D eigenvalue weighted by atomic mass is 19.1. The molecule has 0 spiro atoms. The number of halogens is 1. The van der Waals surface area contributed by atoms with Gasteiger partial charge in [-0.25, -0.2) is 9.18 Å². The third-order valence-corrected chi connectivity index (χ3v) is 4.16. The number of methoxy groups -OCH3 is 1. The predicted octanol–water partition coefficient (Wildman–Crippen LogP) is 3.62. The fourth-order valence-electron chi connectivity index (χ4n) is 2.78. The zero-order chi connectivity index (χ0) is 22.3. The number of nitriles is 1. The molecule has 0 atom stereocenters. The van der Waals surface area contributed by atoms with Crippen LogP contribution in [0.15, 0.2) is 30.3 Å². The number of carbonyl (C=O) groups excluding carboxylic acids is 1. The number of carboxylic acid groups (broad SMARTS) is 1. The van der Waals surface area contributed by atoms with Gasteiger partial charge in [0.1, 0.15) is 11.6 Å². The van der Waals surface area contributed by atoms with Gasteiger partial charge in [0.15, 0.2) is 0 Å². The minimum atomic E-state index is -1.22. The summed E-state index contributed by atoms with van der Waals surface area (Å²) in [6, 6.07) is 7.87.